The number of anilines is 1. The predicted octanol–water partition coefficient (Wildman–Crippen LogP) is 0.899. The first-order chi connectivity index (χ1) is 9.02. The van der Waals surface area contributed by atoms with Crippen molar-refractivity contribution < 1.29 is 14.6 Å². The number of carbonyl (C=O) groups excluding carboxylic acids is 1. The maximum atomic E-state index is 10.8. The number of nitro groups is 1. The van der Waals surface area contributed by atoms with Gasteiger partial charge >= 0.3 is 0 Å². The summed E-state index contributed by atoms with van der Waals surface area (Å²) < 4.78 is 0. The second-order valence-electron chi connectivity index (χ2n) is 3.78. The van der Waals surface area contributed by atoms with E-state index in [0.717, 1.165) is 0 Å². The molecule has 0 radical (unpaired) electrons. The number of aromatic nitrogens is 1. The molecular formula is C11H16N4O4. The largest absolute Gasteiger partial charge is 0.311 e. The summed E-state index contributed by atoms with van der Waals surface area (Å²) in [5.41, 5.74) is 3.22. The summed E-state index contributed by atoms with van der Waals surface area (Å²) >= 11 is 0. The molecule has 0 spiro atoms. The van der Waals surface area contributed by atoms with Crippen molar-refractivity contribution in [3.8, 4) is 0 Å². The van der Waals surface area contributed by atoms with Crippen molar-refractivity contribution in [2.75, 3.05) is 18.5 Å². The van der Waals surface area contributed by atoms with Crippen LogP contribution in [-0.2, 0) is 9.63 Å². The molecule has 19 heavy (non-hydrogen) atoms. The topological polar surface area (TPSA) is 106 Å². The minimum atomic E-state index is -0.589. The van der Waals surface area contributed by atoms with Gasteiger partial charge in [0, 0.05) is 18.0 Å². The molecule has 0 bridgehead atoms. The Kier molecular flexibility index (Phi) is 5.83. The van der Waals surface area contributed by atoms with Gasteiger partial charge in [-0.15, -0.1) is 0 Å². The van der Waals surface area contributed by atoms with Crippen LogP contribution in [0.2, 0.25) is 0 Å². The van der Waals surface area contributed by atoms with E-state index in [1.807, 2.05) is 0 Å². The number of carbonyl (C=O) groups is 1. The van der Waals surface area contributed by atoms with Gasteiger partial charge in [-0.25, -0.2) is 4.98 Å². The number of rotatable bonds is 7. The maximum absolute atomic E-state index is 10.8. The molecule has 0 fully saturated rings. The molecule has 1 aromatic heterocycles. The summed E-state index contributed by atoms with van der Waals surface area (Å²) in [5.74, 6) is 0.169. The van der Waals surface area contributed by atoms with E-state index in [4.69, 9.17) is 4.84 Å². The minimum Gasteiger partial charge on any atom is -0.311 e. The number of hydrogen-bond acceptors (Lipinski definition) is 6. The van der Waals surface area contributed by atoms with Gasteiger partial charge in [-0.2, -0.15) is 5.48 Å². The van der Waals surface area contributed by atoms with Gasteiger partial charge in [-0.3, -0.25) is 14.9 Å². The Bertz CT molecular complexity index is 435. The summed E-state index contributed by atoms with van der Waals surface area (Å²) in [6.07, 6.45) is 1.46. The van der Waals surface area contributed by atoms with Gasteiger partial charge in [0.1, 0.15) is 11.9 Å². The van der Waals surface area contributed by atoms with E-state index < -0.39 is 11.0 Å². The van der Waals surface area contributed by atoms with Crippen molar-refractivity contribution in [3.63, 3.8) is 0 Å². The van der Waals surface area contributed by atoms with Crippen LogP contribution in [0.3, 0.4) is 0 Å². The monoisotopic (exact) mass is 268 g/mol. The van der Waals surface area contributed by atoms with E-state index in [9.17, 15) is 14.9 Å². The zero-order valence-corrected chi connectivity index (χ0v) is 10.8. The second-order valence-corrected chi connectivity index (χ2v) is 3.78. The zero-order valence-electron chi connectivity index (χ0n) is 10.8. The highest BCUT2D eigenvalue weighted by atomic mass is 16.6. The minimum absolute atomic E-state index is 0.227. The smallest absolute Gasteiger partial charge is 0.225 e. The molecule has 0 aliphatic carbocycles. The molecule has 0 unspecified atom stereocenters. The number of hydroxylamine groups is 1. The Balaban J connectivity index is 2.77. The van der Waals surface area contributed by atoms with Gasteiger partial charge in [0.2, 0.25) is 12.5 Å². The van der Waals surface area contributed by atoms with Crippen molar-refractivity contribution in [2.45, 2.75) is 19.9 Å². The van der Waals surface area contributed by atoms with Crippen LogP contribution in [0.5, 0.6) is 0 Å². The van der Waals surface area contributed by atoms with Crippen LogP contribution < -0.4 is 10.8 Å². The molecule has 0 saturated carbocycles. The molecule has 0 aliphatic rings. The number of nitrogens with zero attached hydrogens (tertiary/aromatic N) is 2. The molecule has 1 heterocycles. The molecule has 0 saturated heterocycles. The molecule has 2 N–H and O–H groups in total. The highest BCUT2D eigenvalue weighted by Gasteiger charge is 2.18. The third-order valence-electron chi connectivity index (χ3n) is 2.19. The molecular weight excluding hydrogens is 252 g/mol. The highest BCUT2D eigenvalue weighted by Crippen LogP contribution is 2.14. The lowest BCUT2D eigenvalue weighted by Crippen LogP contribution is -2.28. The van der Waals surface area contributed by atoms with Crippen molar-refractivity contribution >= 4 is 11.7 Å². The van der Waals surface area contributed by atoms with Crippen LogP contribution in [-0.4, -0.2) is 29.0 Å². The molecule has 8 nitrogen and oxygen atoms in total. The van der Waals surface area contributed by atoms with Crippen LogP contribution >= 0.6 is 0 Å². The molecule has 8 heteroatoms. The fourth-order valence-corrected chi connectivity index (χ4v) is 1.41. The summed E-state index contributed by atoms with van der Waals surface area (Å²) in [4.78, 5) is 30.0. The van der Waals surface area contributed by atoms with E-state index in [1.54, 1.807) is 19.1 Å². The van der Waals surface area contributed by atoms with E-state index in [-0.39, 0.29) is 12.5 Å². The van der Waals surface area contributed by atoms with Gasteiger partial charge in [0.25, 0.3) is 0 Å². The van der Waals surface area contributed by atoms with E-state index in [1.165, 1.54) is 13.1 Å². The van der Waals surface area contributed by atoms with Crippen molar-refractivity contribution in [1.82, 2.24) is 10.5 Å². The molecule has 0 aliphatic heterocycles. The third kappa shape index (κ3) is 5.40. The number of nitrogens with one attached hydrogen (secondary N) is 2. The lowest BCUT2D eigenvalue weighted by atomic mass is 10.1. The molecule has 1 atom stereocenters. The summed E-state index contributed by atoms with van der Waals surface area (Å²) in [6.45, 7) is 3.23. The predicted molar refractivity (Wildman–Crippen MR) is 67.9 cm³/mol. The van der Waals surface area contributed by atoms with Gasteiger partial charge in [0.05, 0.1) is 6.61 Å². The molecule has 0 aromatic carbocycles. The normalized spacial score (nSPS) is 11.9. The standard InChI is InChI=1S/C11H16N4O4/c1-3-19-14-10(7-15(17)18)9-4-5-11(12-6-9)13-8(2)16/h4-6,10,14H,3,7H2,1-2H3,(H,12,13,16)/t10-/m1/s1. The highest BCUT2D eigenvalue weighted by molar-refractivity contribution is 5.87. The summed E-state index contributed by atoms with van der Waals surface area (Å²) in [7, 11) is 0. The quantitative estimate of drug-likeness (QED) is 0.562. The van der Waals surface area contributed by atoms with Crippen molar-refractivity contribution in [3.05, 3.63) is 34.0 Å². The molecule has 1 rings (SSSR count). The average Bonchev–Trinajstić information content (AvgIpc) is 2.34. The molecule has 1 aromatic rings. The lowest BCUT2D eigenvalue weighted by Gasteiger charge is -2.14. The Morgan fingerprint density at radius 1 is 1.58 bits per heavy atom. The first-order valence-corrected chi connectivity index (χ1v) is 5.75. The Labute approximate surface area is 110 Å². The van der Waals surface area contributed by atoms with Crippen molar-refractivity contribution in [1.29, 1.82) is 0 Å². The summed E-state index contributed by atoms with van der Waals surface area (Å²) in [6, 6.07) is 2.64. The Morgan fingerprint density at radius 3 is 2.79 bits per heavy atom. The fraction of sp³-hybridized carbons (Fsp3) is 0.455. The Morgan fingerprint density at radius 2 is 2.32 bits per heavy atom. The maximum Gasteiger partial charge on any atom is 0.225 e. The van der Waals surface area contributed by atoms with E-state index in [0.29, 0.717) is 18.0 Å². The van der Waals surface area contributed by atoms with E-state index in [2.05, 4.69) is 15.8 Å². The van der Waals surface area contributed by atoms with Crippen LogP contribution in [0.4, 0.5) is 5.82 Å². The fourth-order valence-electron chi connectivity index (χ4n) is 1.41. The zero-order chi connectivity index (χ0) is 14.3. The number of amides is 1. The van der Waals surface area contributed by atoms with Crippen molar-refractivity contribution in [2.24, 2.45) is 0 Å². The number of hydrogen-bond donors (Lipinski definition) is 2. The molecule has 104 valence electrons. The summed E-state index contributed by atoms with van der Waals surface area (Å²) in [5, 5.41) is 13.1. The van der Waals surface area contributed by atoms with Crippen LogP contribution in [0.15, 0.2) is 18.3 Å². The van der Waals surface area contributed by atoms with Crippen LogP contribution in [0, 0.1) is 10.1 Å². The van der Waals surface area contributed by atoms with Gasteiger partial charge < -0.3 is 10.2 Å². The van der Waals surface area contributed by atoms with Gasteiger partial charge in [0.15, 0.2) is 0 Å². The van der Waals surface area contributed by atoms with Crippen LogP contribution in [0.25, 0.3) is 0 Å². The first kappa shape index (κ1) is 15.0. The Hall–Kier alpha value is -2.06. The van der Waals surface area contributed by atoms with Gasteiger partial charge in [-0.05, 0) is 18.6 Å². The average molecular weight is 268 g/mol. The van der Waals surface area contributed by atoms with E-state index >= 15 is 0 Å². The second kappa shape index (κ2) is 7.39. The van der Waals surface area contributed by atoms with Crippen LogP contribution in [0.1, 0.15) is 25.5 Å². The third-order valence-corrected chi connectivity index (χ3v) is 2.19. The first-order valence-electron chi connectivity index (χ1n) is 5.75. The SMILES string of the molecule is CCON[C@H](C[N+](=O)[O-])c1ccc(NC(C)=O)nc1. The van der Waals surface area contributed by atoms with Gasteiger partial charge in [-0.1, -0.05) is 6.07 Å². The molecule has 1 amide bonds. The number of pyridine rings is 1. The lowest BCUT2D eigenvalue weighted by molar-refractivity contribution is -0.486.